The lowest BCUT2D eigenvalue weighted by molar-refractivity contribution is 0.238. The van der Waals surface area contributed by atoms with Crippen molar-refractivity contribution >= 4 is 17.3 Å². The van der Waals surface area contributed by atoms with Gasteiger partial charge in [-0.2, -0.15) is 0 Å². The van der Waals surface area contributed by atoms with Gasteiger partial charge in [0, 0.05) is 31.2 Å². The van der Waals surface area contributed by atoms with E-state index in [-0.39, 0.29) is 0 Å². The summed E-state index contributed by atoms with van der Waals surface area (Å²) < 4.78 is 11.2. The summed E-state index contributed by atoms with van der Waals surface area (Å²) in [6, 6.07) is 15.8. The lowest BCUT2D eigenvalue weighted by Gasteiger charge is -2.36. The van der Waals surface area contributed by atoms with Crippen LogP contribution >= 0.6 is 11.6 Å². The molecule has 0 unspecified atom stereocenters. The topological polar surface area (TPSA) is 24.9 Å². The van der Waals surface area contributed by atoms with E-state index < -0.39 is 0 Å². The van der Waals surface area contributed by atoms with E-state index >= 15 is 0 Å². The zero-order valence-corrected chi connectivity index (χ0v) is 16.1. The SMILES string of the molecule is COc1ccccc1N1CCN(CCCCOc2ccc(Cl)cc2)CC1. The third-order valence-corrected chi connectivity index (χ3v) is 5.00. The first-order valence-electron chi connectivity index (χ1n) is 9.25. The van der Waals surface area contributed by atoms with Crippen molar-refractivity contribution in [3.05, 3.63) is 53.6 Å². The monoisotopic (exact) mass is 374 g/mol. The summed E-state index contributed by atoms with van der Waals surface area (Å²) in [5, 5.41) is 0.740. The first-order chi connectivity index (χ1) is 12.8. The molecular weight excluding hydrogens is 348 g/mol. The minimum absolute atomic E-state index is 0.740. The summed E-state index contributed by atoms with van der Waals surface area (Å²) in [6.45, 7) is 6.15. The summed E-state index contributed by atoms with van der Waals surface area (Å²) in [7, 11) is 1.74. The smallest absolute Gasteiger partial charge is 0.142 e. The number of para-hydroxylation sites is 2. The average molecular weight is 375 g/mol. The second kappa shape index (κ2) is 9.70. The van der Waals surface area contributed by atoms with Crippen LogP contribution in [0.5, 0.6) is 11.5 Å². The van der Waals surface area contributed by atoms with Crippen molar-refractivity contribution in [3.8, 4) is 11.5 Å². The van der Waals surface area contributed by atoms with E-state index in [4.69, 9.17) is 21.1 Å². The predicted molar refractivity (Wildman–Crippen MR) is 108 cm³/mol. The van der Waals surface area contributed by atoms with E-state index in [0.717, 1.165) is 68.7 Å². The molecule has 140 valence electrons. The molecule has 0 radical (unpaired) electrons. The van der Waals surface area contributed by atoms with Gasteiger partial charge >= 0.3 is 0 Å². The maximum atomic E-state index is 5.88. The van der Waals surface area contributed by atoms with Crippen molar-refractivity contribution in [1.82, 2.24) is 4.90 Å². The highest BCUT2D eigenvalue weighted by Crippen LogP contribution is 2.28. The summed E-state index contributed by atoms with van der Waals surface area (Å²) in [5.74, 6) is 1.85. The third kappa shape index (κ3) is 5.29. The molecule has 0 atom stereocenters. The Hall–Kier alpha value is -1.91. The summed E-state index contributed by atoms with van der Waals surface area (Å²) >= 11 is 5.88. The Balaban J connectivity index is 1.33. The molecule has 4 nitrogen and oxygen atoms in total. The van der Waals surface area contributed by atoms with Gasteiger partial charge in [-0.1, -0.05) is 23.7 Å². The van der Waals surface area contributed by atoms with Crippen LogP contribution in [0.4, 0.5) is 5.69 Å². The van der Waals surface area contributed by atoms with Gasteiger partial charge < -0.3 is 14.4 Å². The number of benzene rings is 2. The number of hydrogen-bond acceptors (Lipinski definition) is 4. The van der Waals surface area contributed by atoms with Crippen LogP contribution in [-0.2, 0) is 0 Å². The van der Waals surface area contributed by atoms with Crippen LogP contribution in [-0.4, -0.2) is 51.3 Å². The van der Waals surface area contributed by atoms with E-state index in [1.54, 1.807) is 7.11 Å². The summed E-state index contributed by atoms with van der Waals surface area (Å²) in [4.78, 5) is 4.95. The Kier molecular flexibility index (Phi) is 7.04. The molecule has 0 spiro atoms. The Morgan fingerprint density at radius 3 is 2.38 bits per heavy atom. The highest BCUT2D eigenvalue weighted by atomic mass is 35.5. The highest BCUT2D eigenvalue weighted by molar-refractivity contribution is 6.30. The molecule has 0 N–H and O–H groups in total. The normalized spacial score (nSPS) is 15.1. The summed E-state index contributed by atoms with van der Waals surface area (Å²) in [6.07, 6.45) is 2.22. The number of nitrogens with zero attached hydrogens (tertiary/aromatic N) is 2. The maximum Gasteiger partial charge on any atom is 0.142 e. The Labute approximate surface area is 161 Å². The van der Waals surface area contributed by atoms with Gasteiger partial charge in [0.2, 0.25) is 0 Å². The molecule has 0 amide bonds. The number of halogens is 1. The molecule has 1 heterocycles. The molecule has 0 aliphatic carbocycles. The van der Waals surface area contributed by atoms with Crippen LogP contribution in [0.1, 0.15) is 12.8 Å². The number of anilines is 1. The third-order valence-electron chi connectivity index (χ3n) is 4.75. The van der Waals surface area contributed by atoms with Gasteiger partial charge in [-0.15, -0.1) is 0 Å². The number of unbranched alkanes of at least 4 members (excludes halogenated alkanes) is 1. The molecule has 2 aromatic carbocycles. The van der Waals surface area contributed by atoms with Gasteiger partial charge in [0.1, 0.15) is 11.5 Å². The molecule has 26 heavy (non-hydrogen) atoms. The van der Waals surface area contributed by atoms with Gasteiger partial charge in [0.05, 0.1) is 19.4 Å². The minimum atomic E-state index is 0.740. The molecule has 0 bridgehead atoms. The largest absolute Gasteiger partial charge is 0.495 e. The molecular formula is C21H27ClN2O2. The van der Waals surface area contributed by atoms with Gasteiger partial charge in [-0.05, 0) is 55.8 Å². The summed E-state index contributed by atoms with van der Waals surface area (Å²) in [5.41, 5.74) is 1.20. The molecule has 3 rings (SSSR count). The average Bonchev–Trinajstić information content (AvgIpc) is 2.69. The van der Waals surface area contributed by atoms with Crippen LogP contribution in [0.25, 0.3) is 0 Å². The molecule has 5 heteroatoms. The fourth-order valence-corrected chi connectivity index (χ4v) is 3.39. The zero-order chi connectivity index (χ0) is 18.2. The van der Waals surface area contributed by atoms with E-state index in [9.17, 15) is 0 Å². The van der Waals surface area contributed by atoms with E-state index in [2.05, 4.69) is 21.9 Å². The maximum absolute atomic E-state index is 5.88. The lowest BCUT2D eigenvalue weighted by Crippen LogP contribution is -2.46. The van der Waals surface area contributed by atoms with Crippen molar-refractivity contribution in [1.29, 1.82) is 0 Å². The minimum Gasteiger partial charge on any atom is -0.495 e. The fraction of sp³-hybridized carbons (Fsp3) is 0.429. The first-order valence-corrected chi connectivity index (χ1v) is 9.63. The highest BCUT2D eigenvalue weighted by Gasteiger charge is 2.18. The quantitative estimate of drug-likeness (QED) is 0.642. The molecule has 0 aromatic heterocycles. The number of ether oxygens (including phenoxy) is 2. The van der Waals surface area contributed by atoms with Crippen molar-refractivity contribution in [2.75, 3.05) is 51.3 Å². The standard InChI is InChI=1S/C21H27ClN2O2/c1-25-21-7-3-2-6-20(21)24-15-13-23(14-16-24)12-4-5-17-26-19-10-8-18(22)9-11-19/h2-3,6-11H,4-5,12-17H2,1H3. The Morgan fingerprint density at radius 1 is 0.923 bits per heavy atom. The van der Waals surface area contributed by atoms with Crippen LogP contribution < -0.4 is 14.4 Å². The van der Waals surface area contributed by atoms with Crippen molar-refractivity contribution < 1.29 is 9.47 Å². The first kappa shape index (κ1) is 18.9. The molecule has 1 fully saturated rings. The predicted octanol–water partition coefficient (Wildman–Crippen LogP) is 4.33. The fourth-order valence-electron chi connectivity index (χ4n) is 3.26. The van der Waals surface area contributed by atoms with Gasteiger partial charge in [0.15, 0.2) is 0 Å². The van der Waals surface area contributed by atoms with E-state index in [1.165, 1.54) is 5.69 Å². The Bertz CT molecular complexity index is 670. The second-order valence-corrected chi connectivity index (χ2v) is 6.95. The van der Waals surface area contributed by atoms with Crippen molar-refractivity contribution in [2.45, 2.75) is 12.8 Å². The zero-order valence-electron chi connectivity index (χ0n) is 15.4. The Morgan fingerprint density at radius 2 is 1.65 bits per heavy atom. The van der Waals surface area contributed by atoms with Crippen LogP contribution in [0.15, 0.2) is 48.5 Å². The van der Waals surface area contributed by atoms with Crippen molar-refractivity contribution in [3.63, 3.8) is 0 Å². The molecule has 1 aliphatic heterocycles. The van der Waals surface area contributed by atoms with Crippen molar-refractivity contribution in [2.24, 2.45) is 0 Å². The second-order valence-electron chi connectivity index (χ2n) is 6.51. The number of hydrogen-bond donors (Lipinski definition) is 0. The van der Waals surface area contributed by atoms with Crippen LogP contribution in [0, 0.1) is 0 Å². The lowest BCUT2D eigenvalue weighted by atomic mass is 10.2. The molecule has 1 saturated heterocycles. The molecule has 1 aliphatic rings. The van der Waals surface area contributed by atoms with Gasteiger partial charge in [-0.3, -0.25) is 4.90 Å². The number of methoxy groups -OCH3 is 1. The van der Waals surface area contributed by atoms with E-state index in [0.29, 0.717) is 0 Å². The van der Waals surface area contributed by atoms with Crippen LogP contribution in [0.2, 0.25) is 5.02 Å². The van der Waals surface area contributed by atoms with Crippen LogP contribution in [0.3, 0.4) is 0 Å². The van der Waals surface area contributed by atoms with E-state index in [1.807, 2.05) is 36.4 Å². The molecule has 2 aromatic rings. The molecule has 0 saturated carbocycles. The van der Waals surface area contributed by atoms with Gasteiger partial charge in [-0.25, -0.2) is 0 Å². The van der Waals surface area contributed by atoms with Gasteiger partial charge in [0.25, 0.3) is 0 Å². The number of piperazine rings is 1. The number of rotatable bonds is 8.